The second kappa shape index (κ2) is 7.57. The fourth-order valence-corrected chi connectivity index (χ4v) is 4.13. The Balaban J connectivity index is 1.92. The van der Waals surface area contributed by atoms with Gasteiger partial charge in [-0.15, -0.1) is 0 Å². The lowest BCUT2D eigenvalue weighted by molar-refractivity contribution is -0.387. The van der Waals surface area contributed by atoms with Crippen molar-refractivity contribution in [3.8, 4) is 0 Å². The van der Waals surface area contributed by atoms with E-state index in [0.29, 0.717) is 24.7 Å². The summed E-state index contributed by atoms with van der Waals surface area (Å²) < 4.78 is 0.376. The molecule has 1 aliphatic rings. The smallest absolute Gasteiger partial charge is 0.283 e. The van der Waals surface area contributed by atoms with Gasteiger partial charge >= 0.3 is 0 Å². The van der Waals surface area contributed by atoms with Crippen LogP contribution in [0.4, 0.5) is 5.69 Å². The van der Waals surface area contributed by atoms with E-state index < -0.39 is 4.92 Å². The van der Waals surface area contributed by atoms with Crippen LogP contribution in [0.25, 0.3) is 6.08 Å². The summed E-state index contributed by atoms with van der Waals surface area (Å²) in [6.45, 7) is 0. The number of nitro benzene ring substituents is 1. The quantitative estimate of drug-likeness (QED) is 0.336. The zero-order valence-corrected chi connectivity index (χ0v) is 15.6. The molecule has 1 fully saturated rings. The van der Waals surface area contributed by atoms with E-state index in [0.717, 1.165) is 16.7 Å². The van der Waals surface area contributed by atoms with Gasteiger partial charge in [0.15, 0.2) is 0 Å². The van der Waals surface area contributed by atoms with Crippen molar-refractivity contribution in [1.82, 2.24) is 5.32 Å². The van der Waals surface area contributed by atoms with Crippen LogP contribution >= 0.6 is 47.3 Å². The Morgan fingerprint density at radius 3 is 2.56 bits per heavy atom. The average Bonchev–Trinajstić information content (AvgIpc) is 2.88. The topological polar surface area (TPSA) is 72.2 Å². The Bertz CT molecular complexity index is 913. The van der Waals surface area contributed by atoms with Crippen LogP contribution in [-0.4, -0.2) is 15.2 Å². The van der Waals surface area contributed by atoms with Gasteiger partial charge in [-0.3, -0.25) is 14.9 Å². The molecule has 126 valence electrons. The predicted molar refractivity (Wildman–Crippen MR) is 105 cm³/mol. The third kappa shape index (κ3) is 4.40. The molecule has 0 aliphatic carbocycles. The summed E-state index contributed by atoms with van der Waals surface area (Å²) in [5.41, 5.74) is 0.537. The molecule has 1 aliphatic heterocycles. The van der Waals surface area contributed by atoms with E-state index in [4.69, 9.17) is 23.8 Å². The summed E-state index contributed by atoms with van der Waals surface area (Å²) in [6.07, 6.45) is 1.59. The highest BCUT2D eigenvalue weighted by Crippen LogP contribution is 2.36. The molecule has 5 nitrogen and oxygen atoms in total. The summed E-state index contributed by atoms with van der Waals surface area (Å²) in [7, 11) is 0. The van der Waals surface area contributed by atoms with Crippen LogP contribution in [0.3, 0.4) is 0 Å². The minimum absolute atomic E-state index is 0.0275. The maximum absolute atomic E-state index is 11.7. The van der Waals surface area contributed by atoms with Crippen molar-refractivity contribution >= 4 is 69.3 Å². The zero-order valence-electron chi connectivity index (χ0n) is 12.4. The summed E-state index contributed by atoms with van der Waals surface area (Å²) in [6, 6.07) is 11.9. The first-order valence-electron chi connectivity index (χ1n) is 6.89. The molecule has 1 amide bonds. The first-order chi connectivity index (χ1) is 11.9. The van der Waals surface area contributed by atoms with Crippen molar-refractivity contribution in [3.05, 3.63) is 68.1 Å². The molecule has 25 heavy (non-hydrogen) atoms. The molecule has 0 spiro atoms. The van der Waals surface area contributed by atoms with Crippen LogP contribution in [-0.2, 0) is 4.79 Å². The van der Waals surface area contributed by atoms with E-state index in [1.807, 2.05) is 0 Å². The molecule has 0 unspecified atom stereocenters. The minimum Gasteiger partial charge on any atom is -0.307 e. The number of nitrogens with one attached hydrogen (secondary N) is 1. The maximum atomic E-state index is 11.7. The van der Waals surface area contributed by atoms with Crippen molar-refractivity contribution in [2.75, 3.05) is 0 Å². The number of amides is 1. The van der Waals surface area contributed by atoms with E-state index in [-0.39, 0.29) is 11.6 Å². The molecule has 0 radical (unpaired) electrons. The summed E-state index contributed by atoms with van der Waals surface area (Å²) in [5, 5.41) is 14.5. The molecule has 3 rings (SSSR count). The lowest BCUT2D eigenvalue weighted by Gasteiger charge is -2.05. The highest BCUT2D eigenvalue weighted by atomic mass is 35.5. The normalized spacial score (nSPS) is 15.5. The predicted octanol–water partition coefficient (Wildman–Crippen LogP) is 4.89. The molecule has 1 saturated heterocycles. The van der Waals surface area contributed by atoms with Gasteiger partial charge in [0, 0.05) is 16.0 Å². The number of halogens is 1. The summed E-state index contributed by atoms with van der Waals surface area (Å²) >= 11 is 13.2. The Morgan fingerprint density at radius 2 is 1.96 bits per heavy atom. The van der Waals surface area contributed by atoms with E-state index >= 15 is 0 Å². The molecule has 2 aromatic rings. The second-order valence-corrected chi connectivity index (χ2v) is 8.16. The third-order valence-corrected chi connectivity index (χ3v) is 5.65. The number of thiocarbonyl (C=S) groups is 1. The highest BCUT2D eigenvalue weighted by Gasteiger charge is 2.23. The number of hydrogen-bond donors (Lipinski definition) is 1. The van der Waals surface area contributed by atoms with Gasteiger partial charge in [-0.25, -0.2) is 0 Å². The fourth-order valence-electron chi connectivity index (χ4n) is 2.06. The van der Waals surface area contributed by atoms with Crippen LogP contribution in [0.15, 0.2) is 57.2 Å². The average molecular weight is 409 g/mol. The molecule has 0 atom stereocenters. The zero-order chi connectivity index (χ0) is 18.0. The van der Waals surface area contributed by atoms with Gasteiger partial charge in [0.05, 0.1) is 14.7 Å². The number of nitro groups is 1. The third-order valence-electron chi connectivity index (χ3n) is 3.16. The fraction of sp³-hybridized carbons (Fsp3) is 0. The number of benzene rings is 2. The van der Waals surface area contributed by atoms with E-state index in [1.165, 1.54) is 17.8 Å². The number of carbonyl (C=O) groups excluding carboxylic acids is 1. The Kier molecular flexibility index (Phi) is 5.43. The van der Waals surface area contributed by atoms with Gasteiger partial charge in [0.1, 0.15) is 4.32 Å². The standard InChI is InChI=1S/C16H9ClN2O3S3/c17-10-2-4-11(5-3-10)24-13-6-1-9(7-12(13)19(21)22)8-14-15(20)18-16(23)25-14/h1-8H,(H,18,20,23). The lowest BCUT2D eigenvalue weighted by Crippen LogP contribution is -2.17. The van der Waals surface area contributed by atoms with E-state index in [1.54, 1.807) is 42.5 Å². The first kappa shape index (κ1) is 17.9. The number of thioether (sulfide) groups is 1. The first-order valence-corrected chi connectivity index (χ1v) is 9.31. The highest BCUT2D eigenvalue weighted by molar-refractivity contribution is 8.26. The number of rotatable bonds is 4. The maximum Gasteiger partial charge on any atom is 0.283 e. The minimum atomic E-state index is -0.438. The van der Waals surface area contributed by atoms with Gasteiger partial charge in [-0.05, 0) is 42.0 Å². The van der Waals surface area contributed by atoms with Crippen LogP contribution in [0.2, 0.25) is 5.02 Å². The lowest BCUT2D eigenvalue weighted by atomic mass is 10.2. The van der Waals surface area contributed by atoms with Crippen LogP contribution < -0.4 is 5.32 Å². The molecule has 9 heteroatoms. The van der Waals surface area contributed by atoms with Crippen LogP contribution in [0, 0.1) is 10.1 Å². The number of carbonyl (C=O) groups is 1. The number of hydrogen-bond acceptors (Lipinski definition) is 6. The largest absolute Gasteiger partial charge is 0.307 e. The molecule has 0 aromatic heterocycles. The molecular weight excluding hydrogens is 400 g/mol. The van der Waals surface area contributed by atoms with Crippen molar-refractivity contribution in [3.63, 3.8) is 0 Å². The Morgan fingerprint density at radius 1 is 1.24 bits per heavy atom. The summed E-state index contributed by atoms with van der Waals surface area (Å²) in [5.74, 6) is -0.294. The molecular formula is C16H9ClN2O3S3. The molecule has 2 aromatic carbocycles. The Labute approximate surface area is 162 Å². The number of nitrogens with zero attached hydrogens (tertiary/aromatic N) is 1. The van der Waals surface area contributed by atoms with Crippen molar-refractivity contribution in [1.29, 1.82) is 0 Å². The summed E-state index contributed by atoms with van der Waals surface area (Å²) in [4.78, 5) is 24.5. The molecule has 0 bridgehead atoms. The van der Waals surface area contributed by atoms with Crippen molar-refractivity contribution < 1.29 is 9.72 Å². The van der Waals surface area contributed by atoms with E-state index in [2.05, 4.69) is 5.32 Å². The van der Waals surface area contributed by atoms with Gasteiger partial charge in [-0.2, -0.15) is 0 Å². The van der Waals surface area contributed by atoms with Crippen molar-refractivity contribution in [2.24, 2.45) is 0 Å². The monoisotopic (exact) mass is 408 g/mol. The SMILES string of the molecule is O=C1NC(=S)SC1=Cc1ccc(Sc2ccc(Cl)cc2)c([N+](=O)[O-])c1. The molecule has 0 saturated carbocycles. The van der Waals surface area contributed by atoms with Gasteiger partial charge < -0.3 is 5.32 Å². The molecule has 1 heterocycles. The van der Waals surface area contributed by atoms with Crippen LogP contribution in [0.1, 0.15) is 5.56 Å². The van der Waals surface area contributed by atoms with Crippen LogP contribution in [0.5, 0.6) is 0 Å². The van der Waals surface area contributed by atoms with Crippen molar-refractivity contribution in [2.45, 2.75) is 9.79 Å². The molecule has 1 N–H and O–H groups in total. The van der Waals surface area contributed by atoms with E-state index in [9.17, 15) is 14.9 Å². The van der Waals surface area contributed by atoms with Gasteiger partial charge in [0.25, 0.3) is 11.6 Å². The van der Waals surface area contributed by atoms with Gasteiger partial charge in [0.2, 0.25) is 0 Å². The van der Waals surface area contributed by atoms with Gasteiger partial charge in [-0.1, -0.05) is 53.4 Å². The Hall–Kier alpha value is -1.87. The second-order valence-electron chi connectivity index (χ2n) is 4.89.